The first-order valence-electron chi connectivity index (χ1n) is 8.88. The molecule has 1 spiro atoms. The van der Waals surface area contributed by atoms with Crippen LogP contribution in [0, 0.1) is 0 Å². The summed E-state index contributed by atoms with van der Waals surface area (Å²) in [4.78, 5) is 50.0. The zero-order valence-corrected chi connectivity index (χ0v) is 15.3. The van der Waals surface area contributed by atoms with Crippen LogP contribution in [0.5, 0.6) is 5.75 Å². The molecule has 1 saturated heterocycles. The molecule has 1 aromatic rings. The van der Waals surface area contributed by atoms with Gasteiger partial charge in [0.15, 0.2) is 6.10 Å². The Bertz CT molecular complexity index is 767. The summed E-state index contributed by atoms with van der Waals surface area (Å²) in [5, 5.41) is 2.70. The van der Waals surface area contributed by atoms with E-state index in [-0.39, 0.29) is 5.78 Å². The first-order valence-corrected chi connectivity index (χ1v) is 8.88. The lowest BCUT2D eigenvalue weighted by Crippen LogP contribution is -2.44. The van der Waals surface area contributed by atoms with E-state index >= 15 is 0 Å². The highest BCUT2D eigenvalue weighted by atomic mass is 16.5. The van der Waals surface area contributed by atoms with E-state index in [0.29, 0.717) is 24.2 Å². The number of methoxy groups -OCH3 is 1. The molecule has 8 heteroatoms. The molecule has 1 aliphatic carbocycles. The van der Waals surface area contributed by atoms with Gasteiger partial charge in [0, 0.05) is 5.56 Å². The number of nitrogens with one attached hydrogen (secondary N) is 1. The maximum absolute atomic E-state index is 12.5. The molecule has 0 unspecified atom stereocenters. The van der Waals surface area contributed by atoms with Crippen LogP contribution in [0.3, 0.4) is 0 Å². The molecule has 1 N–H and O–H groups in total. The van der Waals surface area contributed by atoms with Gasteiger partial charge in [-0.15, -0.1) is 0 Å². The smallest absolute Gasteiger partial charge is 0.326 e. The average Bonchev–Trinajstić information content (AvgIpc) is 3.22. The van der Waals surface area contributed by atoms with Gasteiger partial charge in [-0.25, -0.2) is 4.79 Å². The van der Waals surface area contributed by atoms with E-state index < -0.39 is 36.1 Å². The number of benzene rings is 1. The minimum atomic E-state index is -1.04. The zero-order chi connectivity index (χ0) is 19.6. The Kier molecular flexibility index (Phi) is 5.16. The number of imide groups is 1. The van der Waals surface area contributed by atoms with Gasteiger partial charge in [0.2, 0.25) is 5.78 Å². The predicted octanol–water partition coefficient (Wildman–Crippen LogP) is 1.67. The number of ether oxygens (including phenoxy) is 2. The van der Waals surface area contributed by atoms with Gasteiger partial charge in [0.05, 0.1) is 7.11 Å². The molecule has 3 amide bonds. The summed E-state index contributed by atoms with van der Waals surface area (Å²) in [6.07, 6.45) is 1.84. The summed E-state index contributed by atoms with van der Waals surface area (Å²) in [7, 11) is 1.52. The van der Waals surface area contributed by atoms with Gasteiger partial charge in [0.1, 0.15) is 17.8 Å². The van der Waals surface area contributed by atoms with Gasteiger partial charge in [-0.3, -0.25) is 19.3 Å². The number of hydrogen-bond acceptors (Lipinski definition) is 6. The number of nitrogens with zero attached hydrogens (tertiary/aromatic N) is 1. The standard InChI is InChI=1S/C19H22N2O6/c1-12(16(23)13-5-7-14(26-2)8-6-13)27-15(22)11-21-17(24)19(20-18(21)25)9-3-4-10-19/h5-8,12H,3-4,9-11H2,1-2H3,(H,20,25)/t12-/m1/s1. The lowest BCUT2D eigenvalue weighted by molar-refractivity contribution is -0.149. The van der Waals surface area contributed by atoms with Crippen LogP contribution in [-0.2, 0) is 14.3 Å². The Morgan fingerprint density at radius 2 is 1.81 bits per heavy atom. The molecule has 1 atom stereocenters. The molecule has 1 heterocycles. The van der Waals surface area contributed by atoms with Gasteiger partial charge in [-0.1, -0.05) is 12.8 Å². The van der Waals surface area contributed by atoms with Crippen molar-refractivity contribution in [1.82, 2.24) is 10.2 Å². The number of carbonyl (C=O) groups is 4. The van der Waals surface area contributed by atoms with Crippen LogP contribution in [0.2, 0.25) is 0 Å². The molecule has 0 radical (unpaired) electrons. The lowest BCUT2D eigenvalue weighted by atomic mass is 9.98. The van der Waals surface area contributed by atoms with Crippen molar-refractivity contribution in [3.63, 3.8) is 0 Å². The second-order valence-electron chi connectivity index (χ2n) is 6.84. The van der Waals surface area contributed by atoms with Crippen LogP contribution in [0.1, 0.15) is 43.0 Å². The van der Waals surface area contributed by atoms with Gasteiger partial charge in [-0.05, 0) is 44.0 Å². The van der Waals surface area contributed by atoms with Crippen LogP contribution in [0.4, 0.5) is 4.79 Å². The maximum atomic E-state index is 12.5. The minimum Gasteiger partial charge on any atom is -0.497 e. The fraction of sp³-hybridized carbons (Fsp3) is 0.474. The predicted molar refractivity (Wildman–Crippen MR) is 94.3 cm³/mol. The molecular formula is C19H22N2O6. The number of ketones is 1. The highest BCUT2D eigenvalue weighted by Crippen LogP contribution is 2.34. The Labute approximate surface area is 156 Å². The topological polar surface area (TPSA) is 102 Å². The van der Waals surface area contributed by atoms with Crippen molar-refractivity contribution in [3.05, 3.63) is 29.8 Å². The number of urea groups is 1. The van der Waals surface area contributed by atoms with Gasteiger partial charge >= 0.3 is 12.0 Å². The van der Waals surface area contributed by atoms with Crippen molar-refractivity contribution in [2.24, 2.45) is 0 Å². The molecular weight excluding hydrogens is 352 g/mol. The normalized spacial score (nSPS) is 19.1. The SMILES string of the molecule is COc1ccc(C(=O)[C@@H](C)OC(=O)CN2C(=O)NC3(CCCC3)C2=O)cc1. The van der Waals surface area contributed by atoms with E-state index in [1.54, 1.807) is 24.3 Å². The maximum Gasteiger partial charge on any atom is 0.326 e. The monoisotopic (exact) mass is 374 g/mol. The van der Waals surface area contributed by atoms with Crippen LogP contribution in [0.25, 0.3) is 0 Å². The van der Waals surface area contributed by atoms with Crippen molar-refractivity contribution in [2.45, 2.75) is 44.2 Å². The number of Topliss-reactive ketones (excluding diaryl/α,β-unsaturated/α-hetero) is 1. The molecule has 1 aliphatic heterocycles. The number of esters is 1. The second kappa shape index (κ2) is 7.38. The molecule has 0 bridgehead atoms. The third kappa shape index (κ3) is 3.65. The van der Waals surface area contributed by atoms with Gasteiger partial charge in [0.25, 0.3) is 5.91 Å². The van der Waals surface area contributed by atoms with Crippen molar-refractivity contribution in [1.29, 1.82) is 0 Å². The molecule has 3 rings (SSSR count). The average molecular weight is 374 g/mol. The van der Waals surface area contributed by atoms with Crippen molar-refractivity contribution in [3.8, 4) is 5.75 Å². The largest absolute Gasteiger partial charge is 0.497 e. The first-order chi connectivity index (χ1) is 12.9. The van der Waals surface area contributed by atoms with E-state index in [4.69, 9.17) is 9.47 Å². The molecule has 144 valence electrons. The molecule has 2 fully saturated rings. The van der Waals surface area contributed by atoms with E-state index in [0.717, 1.165) is 17.7 Å². The summed E-state index contributed by atoms with van der Waals surface area (Å²) in [6, 6.07) is 5.83. The molecule has 1 aromatic carbocycles. The zero-order valence-electron chi connectivity index (χ0n) is 15.3. The molecule has 0 aromatic heterocycles. The van der Waals surface area contributed by atoms with Crippen LogP contribution >= 0.6 is 0 Å². The Balaban J connectivity index is 1.59. The van der Waals surface area contributed by atoms with Crippen molar-refractivity contribution in [2.75, 3.05) is 13.7 Å². The van der Waals surface area contributed by atoms with Crippen LogP contribution in [-0.4, -0.2) is 53.9 Å². The summed E-state index contributed by atoms with van der Waals surface area (Å²) in [5.41, 5.74) is -0.502. The van der Waals surface area contributed by atoms with E-state index in [1.807, 2.05) is 0 Å². The quantitative estimate of drug-likeness (QED) is 0.462. The summed E-state index contributed by atoms with van der Waals surface area (Å²) >= 11 is 0. The Morgan fingerprint density at radius 1 is 1.19 bits per heavy atom. The summed E-state index contributed by atoms with van der Waals surface area (Å²) < 4.78 is 10.2. The Hall–Kier alpha value is -2.90. The minimum absolute atomic E-state index is 0.371. The highest BCUT2D eigenvalue weighted by Gasteiger charge is 2.52. The van der Waals surface area contributed by atoms with Gasteiger partial charge < -0.3 is 14.8 Å². The third-order valence-electron chi connectivity index (χ3n) is 5.04. The summed E-state index contributed by atoms with van der Waals surface area (Å²) in [5.74, 6) is -0.968. The highest BCUT2D eigenvalue weighted by molar-refractivity contribution is 6.09. The molecule has 2 aliphatic rings. The van der Waals surface area contributed by atoms with Crippen molar-refractivity contribution < 1.29 is 28.7 Å². The van der Waals surface area contributed by atoms with Crippen LogP contribution < -0.4 is 10.1 Å². The number of rotatable bonds is 6. The fourth-order valence-electron chi connectivity index (χ4n) is 3.54. The molecule has 27 heavy (non-hydrogen) atoms. The Morgan fingerprint density at radius 3 is 2.41 bits per heavy atom. The number of hydrogen-bond donors (Lipinski definition) is 1. The van der Waals surface area contributed by atoms with E-state index in [2.05, 4.69) is 5.32 Å². The first kappa shape index (κ1) is 18.9. The molecule has 1 saturated carbocycles. The third-order valence-corrected chi connectivity index (χ3v) is 5.04. The fourth-order valence-corrected chi connectivity index (χ4v) is 3.54. The van der Waals surface area contributed by atoms with E-state index in [9.17, 15) is 19.2 Å². The number of amides is 3. The van der Waals surface area contributed by atoms with E-state index in [1.165, 1.54) is 14.0 Å². The van der Waals surface area contributed by atoms with Crippen molar-refractivity contribution >= 4 is 23.7 Å². The number of carbonyl (C=O) groups excluding carboxylic acids is 4. The second-order valence-corrected chi connectivity index (χ2v) is 6.84. The van der Waals surface area contributed by atoms with Gasteiger partial charge in [-0.2, -0.15) is 0 Å². The molecule has 8 nitrogen and oxygen atoms in total. The summed E-state index contributed by atoms with van der Waals surface area (Å²) in [6.45, 7) is 0.946. The van der Waals surface area contributed by atoms with Crippen LogP contribution in [0.15, 0.2) is 24.3 Å². The lowest BCUT2D eigenvalue weighted by Gasteiger charge is -2.20.